The molecule has 0 aromatic carbocycles. The van der Waals surface area contributed by atoms with Crippen LogP contribution < -0.4 is 0 Å². The van der Waals surface area contributed by atoms with Crippen molar-refractivity contribution in [3.63, 3.8) is 0 Å². The summed E-state index contributed by atoms with van der Waals surface area (Å²) in [5.74, 6) is 1.05. The standard InChI is InChI=1S/C14H26BrNO2/c1-16(10-13(15)11-18-2)14(17)9-8-12-6-4-3-5-7-12/h12-13H,3-11H2,1-2H3. The van der Waals surface area contributed by atoms with Crippen molar-refractivity contribution < 1.29 is 9.53 Å². The molecule has 1 atom stereocenters. The third kappa shape index (κ3) is 6.19. The fourth-order valence-electron chi connectivity index (χ4n) is 2.63. The van der Waals surface area contributed by atoms with Gasteiger partial charge in [0.25, 0.3) is 0 Å². The van der Waals surface area contributed by atoms with Crippen LogP contribution in [-0.4, -0.2) is 42.9 Å². The van der Waals surface area contributed by atoms with Gasteiger partial charge in [0.1, 0.15) is 0 Å². The van der Waals surface area contributed by atoms with Crippen LogP contribution in [0, 0.1) is 5.92 Å². The van der Waals surface area contributed by atoms with E-state index in [1.165, 1.54) is 32.1 Å². The van der Waals surface area contributed by atoms with Crippen LogP contribution in [-0.2, 0) is 9.53 Å². The highest BCUT2D eigenvalue weighted by atomic mass is 79.9. The average Bonchev–Trinajstić information content (AvgIpc) is 2.37. The molecule has 1 fully saturated rings. The summed E-state index contributed by atoms with van der Waals surface area (Å²) >= 11 is 3.52. The lowest BCUT2D eigenvalue weighted by Gasteiger charge is -2.24. The number of amides is 1. The number of ether oxygens (including phenoxy) is 1. The van der Waals surface area contributed by atoms with Gasteiger partial charge >= 0.3 is 0 Å². The largest absolute Gasteiger partial charge is 0.383 e. The van der Waals surface area contributed by atoms with Gasteiger partial charge in [-0.05, 0) is 12.3 Å². The van der Waals surface area contributed by atoms with Gasteiger partial charge in [0.2, 0.25) is 5.91 Å². The highest BCUT2D eigenvalue weighted by molar-refractivity contribution is 9.09. The van der Waals surface area contributed by atoms with E-state index in [-0.39, 0.29) is 10.7 Å². The highest BCUT2D eigenvalue weighted by Gasteiger charge is 2.17. The Morgan fingerprint density at radius 2 is 2.06 bits per heavy atom. The molecule has 18 heavy (non-hydrogen) atoms. The highest BCUT2D eigenvalue weighted by Crippen LogP contribution is 2.27. The van der Waals surface area contributed by atoms with Crippen molar-refractivity contribution >= 4 is 21.8 Å². The van der Waals surface area contributed by atoms with E-state index >= 15 is 0 Å². The molecule has 0 aliphatic heterocycles. The number of hydrogen-bond acceptors (Lipinski definition) is 2. The van der Waals surface area contributed by atoms with E-state index in [4.69, 9.17) is 4.74 Å². The number of methoxy groups -OCH3 is 1. The minimum absolute atomic E-state index is 0.228. The Hall–Kier alpha value is -0.0900. The van der Waals surface area contributed by atoms with Crippen molar-refractivity contribution in [1.29, 1.82) is 0 Å². The molecule has 0 aromatic rings. The van der Waals surface area contributed by atoms with Crippen molar-refractivity contribution in [1.82, 2.24) is 4.90 Å². The Kier molecular flexibility index (Phi) is 7.91. The molecule has 1 aliphatic carbocycles. The number of hydrogen-bond donors (Lipinski definition) is 0. The molecule has 106 valence electrons. The number of rotatable bonds is 7. The van der Waals surface area contributed by atoms with Gasteiger partial charge in [-0.25, -0.2) is 0 Å². The maximum atomic E-state index is 12.0. The third-order valence-electron chi connectivity index (χ3n) is 3.74. The van der Waals surface area contributed by atoms with E-state index < -0.39 is 0 Å². The fourth-order valence-corrected chi connectivity index (χ4v) is 3.33. The van der Waals surface area contributed by atoms with Crippen LogP contribution in [0.1, 0.15) is 44.9 Å². The maximum absolute atomic E-state index is 12.0. The molecule has 0 saturated heterocycles. The molecule has 1 saturated carbocycles. The molecule has 1 amide bonds. The van der Waals surface area contributed by atoms with Crippen LogP contribution >= 0.6 is 15.9 Å². The topological polar surface area (TPSA) is 29.5 Å². The number of nitrogens with zero attached hydrogens (tertiary/aromatic N) is 1. The number of carbonyl (C=O) groups is 1. The molecule has 0 spiro atoms. The normalized spacial score (nSPS) is 18.6. The zero-order valence-electron chi connectivity index (χ0n) is 11.7. The van der Waals surface area contributed by atoms with Gasteiger partial charge in [-0.15, -0.1) is 0 Å². The van der Waals surface area contributed by atoms with Crippen LogP contribution in [0.4, 0.5) is 0 Å². The van der Waals surface area contributed by atoms with E-state index in [9.17, 15) is 4.79 Å². The minimum atomic E-state index is 0.228. The smallest absolute Gasteiger partial charge is 0.222 e. The Morgan fingerprint density at radius 1 is 1.39 bits per heavy atom. The third-order valence-corrected chi connectivity index (χ3v) is 4.29. The van der Waals surface area contributed by atoms with E-state index in [0.29, 0.717) is 13.0 Å². The first kappa shape index (κ1) is 16.0. The molecule has 4 heteroatoms. The van der Waals surface area contributed by atoms with Crippen LogP contribution in [0.25, 0.3) is 0 Å². The fraction of sp³-hybridized carbons (Fsp3) is 0.929. The molecular formula is C14H26BrNO2. The second-order valence-electron chi connectivity index (χ2n) is 5.37. The van der Waals surface area contributed by atoms with Crippen LogP contribution in [0.5, 0.6) is 0 Å². The lowest BCUT2D eigenvalue weighted by molar-refractivity contribution is -0.130. The minimum Gasteiger partial charge on any atom is -0.383 e. The summed E-state index contributed by atoms with van der Waals surface area (Å²) in [4.78, 5) is 14.0. The summed E-state index contributed by atoms with van der Waals surface area (Å²) in [5.41, 5.74) is 0. The van der Waals surface area contributed by atoms with Crippen LogP contribution in [0.3, 0.4) is 0 Å². The van der Waals surface area contributed by atoms with Crippen LogP contribution in [0.2, 0.25) is 0 Å². The quantitative estimate of drug-likeness (QED) is 0.674. The van der Waals surface area contributed by atoms with Crippen molar-refractivity contribution in [2.75, 3.05) is 27.3 Å². The first-order valence-corrected chi connectivity index (χ1v) is 7.92. The van der Waals surface area contributed by atoms with E-state index in [2.05, 4.69) is 15.9 Å². The van der Waals surface area contributed by atoms with Crippen molar-refractivity contribution in [3.05, 3.63) is 0 Å². The molecule has 1 unspecified atom stereocenters. The molecule has 1 aliphatic rings. The van der Waals surface area contributed by atoms with Gasteiger partial charge in [-0.3, -0.25) is 4.79 Å². The Balaban J connectivity index is 2.18. The van der Waals surface area contributed by atoms with E-state index in [0.717, 1.165) is 18.9 Å². The van der Waals surface area contributed by atoms with Gasteiger partial charge in [0.05, 0.1) is 11.4 Å². The van der Waals surface area contributed by atoms with E-state index in [1.807, 2.05) is 11.9 Å². The number of halogens is 1. The van der Waals surface area contributed by atoms with Gasteiger partial charge in [0, 0.05) is 27.1 Å². The molecule has 0 radical (unpaired) electrons. The second kappa shape index (κ2) is 8.92. The Bertz CT molecular complexity index is 242. The summed E-state index contributed by atoms with van der Waals surface area (Å²) in [6.07, 6.45) is 8.50. The molecular weight excluding hydrogens is 294 g/mol. The van der Waals surface area contributed by atoms with Crippen LogP contribution in [0.15, 0.2) is 0 Å². The molecule has 0 heterocycles. The Morgan fingerprint density at radius 3 is 2.67 bits per heavy atom. The van der Waals surface area contributed by atoms with Gasteiger partial charge < -0.3 is 9.64 Å². The molecule has 3 nitrogen and oxygen atoms in total. The van der Waals surface area contributed by atoms with E-state index in [1.54, 1.807) is 7.11 Å². The zero-order valence-corrected chi connectivity index (χ0v) is 13.2. The lowest BCUT2D eigenvalue weighted by Crippen LogP contribution is -2.33. The van der Waals surface area contributed by atoms with Crippen molar-refractivity contribution in [3.8, 4) is 0 Å². The molecule has 0 aromatic heterocycles. The van der Waals surface area contributed by atoms with Crippen molar-refractivity contribution in [2.45, 2.75) is 49.8 Å². The summed E-state index contributed by atoms with van der Waals surface area (Å²) in [6, 6.07) is 0. The summed E-state index contributed by atoms with van der Waals surface area (Å²) in [7, 11) is 3.56. The maximum Gasteiger partial charge on any atom is 0.222 e. The predicted octanol–water partition coefficient (Wildman–Crippen LogP) is 3.22. The number of alkyl halides is 1. The van der Waals surface area contributed by atoms with Crippen molar-refractivity contribution in [2.24, 2.45) is 5.92 Å². The summed E-state index contributed by atoms with van der Waals surface area (Å²) in [5, 5.41) is 0. The predicted molar refractivity (Wildman–Crippen MR) is 78.0 cm³/mol. The molecule has 1 rings (SSSR count). The monoisotopic (exact) mass is 319 g/mol. The molecule has 0 bridgehead atoms. The van der Waals surface area contributed by atoms with Gasteiger partial charge in [-0.2, -0.15) is 0 Å². The first-order chi connectivity index (χ1) is 8.63. The lowest BCUT2D eigenvalue weighted by atomic mass is 9.86. The average molecular weight is 320 g/mol. The number of carbonyl (C=O) groups excluding carboxylic acids is 1. The Labute approximate surface area is 119 Å². The summed E-state index contributed by atoms with van der Waals surface area (Å²) < 4.78 is 5.05. The SMILES string of the molecule is COCC(Br)CN(C)C(=O)CCC1CCCCC1. The summed E-state index contributed by atoms with van der Waals surface area (Å²) in [6.45, 7) is 1.36. The first-order valence-electron chi connectivity index (χ1n) is 7.00. The molecule has 0 N–H and O–H groups in total. The van der Waals surface area contributed by atoms with Gasteiger partial charge in [0.15, 0.2) is 0 Å². The van der Waals surface area contributed by atoms with Gasteiger partial charge in [-0.1, -0.05) is 48.0 Å². The zero-order chi connectivity index (χ0) is 13.4. The second-order valence-corrected chi connectivity index (χ2v) is 6.66.